The molecule has 2 heterocycles. The number of carbonyl (C=O) groups is 1. The molecule has 0 unspecified atom stereocenters. The van der Waals surface area contributed by atoms with Crippen molar-refractivity contribution in [2.75, 3.05) is 19.5 Å². The molecule has 0 fully saturated rings. The van der Waals surface area contributed by atoms with Gasteiger partial charge in [0.05, 0.1) is 17.4 Å². The maximum absolute atomic E-state index is 13.4. The van der Waals surface area contributed by atoms with Crippen LogP contribution >= 0.6 is 11.3 Å². The monoisotopic (exact) mass is 467 g/mol. The minimum atomic E-state index is -0.313. The highest BCUT2D eigenvalue weighted by molar-refractivity contribution is 7.20. The second kappa shape index (κ2) is 9.93. The number of thiophene rings is 1. The van der Waals surface area contributed by atoms with Crippen LogP contribution in [0, 0.1) is 12.7 Å². The third kappa shape index (κ3) is 5.10. The first-order valence-corrected chi connectivity index (χ1v) is 10.9. The third-order valence-electron chi connectivity index (χ3n) is 4.86. The highest BCUT2D eigenvalue weighted by atomic mass is 32.1. The average Bonchev–Trinajstić information content (AvgIpc) is 3.14. The quantitative estimate of drug-likeness (QED) is 0.387. The van der Waals surface area contributed by atoms with Gasteiger partial charge in [-0.2, -0.15) is 4.98 Å². The van der Waals surface area contributed by atoms with E-state index in [-0.39, 0.29) is 24.9 Å². The predicted octanol–water partition coefficient (Wildman–Crippen LogP) is 5.13. The van der Waals surface area contributed by atoms with E-state index < -0.39 is 0 Å². The van der Waals surface area contributed by atoms with Crippen LogP contribution in [-0.4, -0.2) is 30.1 Å². The van der Waals surface area contributed by atoms with Gasteiger partial charge in [-0.05, 0) is 42.3 Å². The number of nitrogens with zero attached hydrogens (tertiary/aromatic N) is 2. The van der Waals surface area contributed by atoms with Crippen molar-refractivity contribution in [1.82, 2.24) is 9.97 Å². The second-order valence-corrected chi connectivity index (χ2v) is 8.22. The van der Waals surface area contributed by atoms with Gasteiger partial charge in [-0.3, -0.25) is 4.79 Å². The smallest absolute Gasteiger partial charge is 0.266 e. The van der Waals surface area contributed by atoms with Crippen molar-refractivity contribution in [3.8, 4) is 11.6 Å². The van der Waals surface area contributed by atoms with Crippen LogP contribution in [0.5, 0.6) is 11.6 Å². The van der Waals surface area contributed by atoms with Crippen molar-refractivity contribution in [3.05, 3.63) is 76.2 Å². The Morgan fingerprint density at radius 2 is 1.91 bits per heavy atom. The number of carbonyl (C=O) groups excluding carboxylic acids is 1. The Morgan fingerprint density at radius 3 is 2.67 bits per heavy atom. The molecule has 0 bridgehead atoms. The first-order valence-electron chi connectivity index (χ1n) is 10.1. The number of nitrogens with one attached hydrogen (secondary N) is 1. The molecule has 1 amide bonds. The van der Waals surface area contributed by atoms with Gasteiger partial charge in [-0.25, -0.2) is 9.37 Å². The van der Waals surface area contributed by atoms with Gasteiger partial charge in [0.1, 0.15) is 29.6 Å². The van der Waals surface area contributed by atoms with Gasteiger partial charge in [0.25, 0.3) is 5.91 Å². The van der Waals surface area contributed by atoms with Gasteiger partial charge in [0, 0.05) is 18.9 Å². The van der Waals surface area contributed by atoms with E-state index in [0.717, 1.165) is 5.56 Å². The Kier molecular flexibility index (Phi) is 6.81. The maximum Gasteiger partial charge on any atom is 0.266 e. The number of aromatic nitrogens is 2. The summed E-state index contributed by atoms with van der Waals surface area (Å²) in [7, 11) is 3.10. The lowest BCUT2D eigenvalue weighted by Crippen LogP contribution is -2.11. The number of aryl methyl sites for hydroxylation is 1. The van der Waals surface area contributed by atoms with Crippen LogP contribution in [0.25, 0.3) is 10.2 Å². The van der Waals surface area contributed by atoms with Crippen LogP contribution in [0.15, 0.2) is 48.5 Å². The summed E-state index contributed by atoms with van der Waals surface area (Å²) in [5.41, 5.74) is 2.03. The average molecular weight is 468 g/mol. The van der Waals surface area contributed by atoms with E-state index in [1.807, 2.05) is 6.92 Å². The van der Waals surface area contributed by atoms with Crippen molar-refractivity contribution in [1.29, 1.82) is 0 Å². The van der Waals surface area contributed by atoms with Crippen LogP contribution in [0.3, 0.4) is 0 Å². The molecule has 0 radical (unpaired) electrons. The molecular weight excluding hydrogens is 445 g/mol. The molecular formula is C24H22FN3O4S. The number of anilines is 1. The molecule has 4 rings (SSSR count). The van der Waals surface area contributed by atoms with Crippen LogP contribution in [-0.2, 0) is 18.0 Å². The minimum Gasteiger partial charge on any atom is -0.489 e. The van der Waals surface area contributed by atoms with Crippen LogP contribution in [0.1, 0.15) is 26.6 Å². The van der Waals surface area contributed by atoms with Crippen molar-refractivity contribution >= 4 is 33.1 Å². The van der Waals surface area contributed by atoms with Crippen LogP contribution in [0.2, 0.25) is 0 Å². The molecule has 7 nitrogen and oxygen atoms in total. The lowest BCUT2D eigenvalue weighted by Gasteiger charge is -2.09. The van der Waals surface area contributed by atoms with Crippen molar-refractivity contribution in [2.24, 2.45) is 0 Å². The number of ether oxygens (including phenoxy) is 3. The molecule has 0 spiro atoms. The molecule has 1 N–H and O–H groups in total. The first kappa shape index (κ1) is 22.6. The zero-order valence-corrected chi connectivity index (χ0v) is 19.2. The number of methoxy groups -OCH3 is 2. The molecule has 2 aromatic carbocycles. The molecule has 0 saturated carbocycles. The van der Waals surface area contributed by atoms with E-state index in [2.05, 4.69) is 15.3 Å². The molecule has 0 aliphatic carbocycles. The lowest BCUT2D eigenvalue weighted by molar-refractivity contribution is 0.103. The van der Waals surface area contributed by atoms with E-state index in [0.29, 0.717) is 43.8 Å². The number of rotatable bonds is 8. The fourth-order valence-corrected chi connectivity index (χ4v) is 4.43. The molecule has 9 heteroatoms. The number of halogens is 1. The summed E-state index contributed by atoms with van der Waals surface area (Å²) in [6.45, 7) is 2.30. The summed E-state index contributed by atoms with van der Waals surface area (Å²) in [5.74, 6) is 0.868. The van der Waals surface area contributed by atoms with Gasteiger partial charge in [-0.1, -0.05) is 18.2 Å². The zero-order chi connectivity index (χ0) is 23.4. The molecule has 4 aromatic rings. The number of benzene rings is 2. The maximum atomic E-state index is 13.4. The highest BCUT2D eigenvalue weighted by Crippen LogP contribution is 2.35. The third-order valence-corrected chi connectivity index (χ3v) is 6.05. The molecule has 170 valence electrons. The number of fused-ring (bicyclic) bond motifs is 1. The zero-order valence-electron chi connectivity index (χ0n) is 18.3. The van der Waals surface area contributed by atoms with E-state index in [1.165, 1.54) is 30.6 Å². The van der Waals surface area contributed by atoms with Crippen LogP contribution in [0.4, 0.5) is 10.1 Å². The van der Waals surface area contributed by atoms with E-state index in [9.17, 15) is 9.18 Å². The Morgan fingerprint density at radius 1 is 1.09 bits per heavy atom. The summed E-state index contributed by atoms with van der Waals surface area (Å²) in [4.78, 5) is 23.1. The Hall–Kier alpha value is -3.56. The van der Waals surface area contributed by atoms with Gasteiger partial charge in [0.2, 0.25) is 5.88 Å². The normalized spacial score (nSPS) is 10.9. The summed E-state index contributed by atoms with van der Waals surface area (Å²) in [5, 5.41) is 3.61. The second-order valence-electron chi connectivity index (χ2n) is 7.22. The van der Waals surface area contributed by atoms with E-state index in [1.54, 1.807) is 43.5 Å². The number of hydrogen-bond acceptors (Lipinski definition) is 7. The lowest BCUT2D eigenvalue weighted by atomic mass is 10.2. The van der Waals surface area contributed by atoms with E-state index >= 15 is 0 Å². The van der Waals surface area contributed by atoms with E-state index in [4.69, 9.17) is 14.2 Å². The fourth-order valence-electron chi connectivity index (χ4n) is 3.35. The van der Waals surface area contributed by atoms with Crippen molar-refractivity contribution < 1.29 is 23.4 Å². The largest absolute Gasteiger partial charge is 0.489 e. The molecule has 0 aliphatic rings. The Bertz CT molecular complexity index is 1310. The van der Waals surface area contributed by atoms with Crippen LogP contribution < -0.4 is 14.8 Å². The predicted molar refractivity (Wildman–Crippen MR) is 125 cm³/mol. The number of amides is 1. The number of hydrogen-bond donors (Lipinski definition) is 1. The summed E-state index contributed by atoms with van der Waals surface area (Å²) < 4.78 is 29.6. The van der Waals surface area contributed by atoms with Gasteiger partial charge in [0.15, 0.2) is 5.82 Å². The first-order chi connectivity index (χ1) is 16.0. The van der Waals surface area contributed by atoms with Crippen molar-refractivity contribution in [3.63, 3.8) is 0 Å². The van der Waals surface area contributed by atoms with Gasteiger partial charge < -0.3 is 19.5 Å². The summed E-state index contributed by atoms with van der Waals surface area (Å²) >= 11 is 1.27. The molecule has 2 aromatic heterocycles. The molecule has 0 saturated heterocycles. The SMILES string of the molecule is COCc1nc(OC)c2c(C)c(C(=O)Nc3cccc(OCc4cccc(F)c4)c3)sc2n1. The summed E-state index contributed by atoms with van der Waals surface area (Å²) in [6.07, 6.45) is 0. The van der Waals surface area contributed by atoms with Gasteiger partial charge >= 0.3 is 0 Å². The fraction of sp³-hybridized carbons (Fsp3) is 0.208. The van der Waals surface area contributed by atoms with Crippen molar-refractivity contribution in [2.45, 2.75) is 20.1 Å². The topological polar surface area (TPSA) is 82.6 Å². The summed E-state index contributed by atoms with van der Waals surface area (Å²) in [6, 6.07) is 13.3. The highest BCUT2D eigenvalue weighted by Gasteiger charge is 2.21. The molecule has 33 heavy (non-hydrogen) atoms. The molecule has 0 atom stereocenters. The Labute approximate surface area is 194 Å². The minimum absolute atomic E-state index is 0.215. The van der Waals surface area contributed by atoms with Gasteiger partial charge in [-0.15, -0.1) is 11.3 Å². The Balaban J connectivity index is 1.53. The standard InChI is InChI=1S/C24H22FN3O4S/c1-14-20-23(31-3)27-19(13-30-2)28-24(20)33-21(14)22(29)26-17-8-5-9-18(11-17)32-12-15-6-4-7-16(25)10-15/h4-11H,12-13H2,1-3H3,(H,26,29). The molecule has 0 aliphatic heterocycles.